The van der Waals surface area contributed by atoms with Crippen LogP contribution < -0.4 is 5.32 Å². The summed E-state index contributed by atoms with van der Waals surface area (Å²) in [6, 6.07) is 14.5. The number of rotatable bonds is 7. The van der Waals surface area contributed by atoms with Gasteiger partial charge in [-0.3, -0.25) is 19.8 Å². The van der Waals surface area contributed by atoms with Gasteiger partial charge >= 0.3 is 0 Å². The summed E-state index contributed by atoms with van der Waals surface area (Å²) in [4.78, 5) is 25.1. The third-order valence-corrected chi connectivity index (χ3v) is 4.56. The van der Waals surface area contributed by atoms with Crippen molar-refractivity contribution in [3.05, 3.63) is 75.3 Å². The minimum absolute atomic E-state index is 0.00767. The molecule has 7 nitrogen and oxygen atoms in total. The summed E-state index contributed by atoms with van der Waals surface area (Å²) in [5.74, 6) is -0.235. The smallest absolute Gasteiger partial charge is 0.273 e. The zero-order chi connectivity index (χ0) is 19.1. The van der Waals surface area contributed by atoms with Crippen LogP contribution in [0.4, 0.5) is 5.69 Å². The van der Waals surface area contributed by atoms with Gasteiger partial charge in [-0.25, -0.2) is 0 Å². The normalized spacial score (nSPS) is 14.7. The quantitative estimate of drug-likeness (QED) is 0.598. The Hall–Kier alpha value is -2.77. The molecule has 1 aliphatic heterocycles. The summed E-state index contributed by atoms with van der Waals surface area (Å²) in [6.07, 6.45) is -0.00767. The fourth-order valence-corrected chi connectivity index (χ4v) is 3.05. The molecule has 1 aliphatic rings. The predicted octanol–water partition coefficient (Wildman–Crippen LogP) is 2.29. The van der Waals surface area contributed by atoms with Gasteiger partial charge in [-0.15, -0.1) is 0 Å². The number of amides is 1. The molecule has 2 aromatic rings. The Kier molecular flexibility index (Phi) is 6.51. The number of hydrogen-bond donors (Lipinski definition) is 1. The van der Waals surface area contributed by atoms with E-state index in [1.807, 2.05) is 12.1 Å². The van der Waals surface area contributed by atoms with Crippen LogP contribution in [0.1, 0.15) is 16.7 Å². The fraction of sp³-hybridized carbons (Fsp3) is 0.350. The molecular formula is C20H23N3O4. The Labute approximate surface area is 158 Å². The fourth-order valence-electron chi connectivity index (χ4n) is 3.05. The molecule has 0 unspecified atom stereocenters. The highest BCUT2D eigenvalue weighted by Crippen LogP contribution is 2.18. The minimum Gasteiger partial charge on any atom is -0.379 e. The zero-order valence-corrected chi connectivity index (χ0v) is 15.1. The molecule has 1 N–H and O–H groups in total. The highest BCUT2D eigenvalue weighted by molar-refractivity contribution is 5.79. The SMILES string of the molecule is O=C(Cc1ccccc1[N+](=O)[O-])NCc1ccc(CN2CCOCC2)cc1. The summed E-state index contributed by atoms with van der Waals surface area (Å²) < 4.78 is 5.35. The zero-order valence-electron chi connectivity index (χ0n) is 15.1. The van der Waals surface area contributed by atoms with E-state index in [0.717, 1.165) is 38.4 Å². The van der Waals surface area contributed by atoms with Crippen molar-refractivity contribution in [2.75, 3.05) is 26.3 Å². The lowest BCUT2D eigenvalue weighted by atomic mass is 10.1. The van der Waals surface area contributed by atoms with Crippen molar-refractivity contribution in [2.24, 2.45) is 0 Å². The first kappa shape index (κ1) is 19.0. The Morgan fingerprint density at radius 3 is 2.44 bits per heavy atom. The number of nitro groups is 1. The maximum atomic E-state index is 12.1. The molecule has 1 amide bonds. The van der Waals surface area contributed by atoms with Crippen molar-refractivity contribution in [1.29, 1.82) is 0 Å². The first-order chi connectivity index (χ1) is 13.1. The molecular weight excluding hydrogens is 346 g/mol. The molecule has 0 aromatic heterocycles. The lowest BCUT2D eigenvalue weighted by molar-refractivity contribution is -0.385. The van der Waals surface area contributed by atoms with Crippen molar-refractivity contribution in [3.8, 4) is 0 Å². The van der Waals surface area contributed by atoms with Crippen LogP contribution in [0.5, 0.6) is 0 Å². The lowest BCUT2D eigenvalue weighted by Gasteiger charge is -2.26. The van der Waals surface area contributed by atoms with E-state index in [1.54, 1.807) is 18.2 Å². The Morgan fingerprint density at radius 2 is 1.74 bits per heavy atom. The van der Waals surface area contributed by atoms with E-state index in [9.17, 15) is 14.9 Å². The molecule has 7 heteroatoms. The molecule has 27 heavy (non-hydrogen) atoms. The van der Waals surface area contributed by atoms with Gasteiger partial charge in [-0.2, -0.15) is 0 Å². The van der Waals surface area contributed by atoms with Crippen LogP contribution in [0.15, 0.2) is 48.5 Å². The van der Waals surface area contributed by atoms with Gasteiger partial charge in [0.15, 0.2) is 0 Å². The molecule has 0 atom stereocenters. The molecule has 0 spiro atoms. The van der Waals surface area contributed by atoms with Gasteiger partial charge in [0, 0.05) is 37.8 Å². The maximum Gasteiger partial charge on any atom is 0.273 e. The maximum absolute atomic E-state index is 12.1. The standard InChI is InChI=1S/C20H23N3O4/c24-20(13-18-3-1-2-4-19(18)23(25)26)21-14-16-5-7-17(8-6-16)15-22-9-11-27-12-10-22/h1-8H,9-15H2,(H,21,24). The minimum atomic E-state index is -0.462. The molecule has 0 bridgehead atoms. The number of benzene rings is 2. The monoisotopic (exact) mass is 369 g/mol. The van der Waals surface area contributed by atoms with E-state index < -0.39 is 4.92 Å². The van der Waals surface area contributed by atoms with Gasteiger partial charge in [-0.05, 0) is 11.1 Å². The van der Waals surface area contributed by atoms with Gasteiger partial charge in [0.05, 0.1) is 24.6 Å². The number of nitrogens with zero attached hydrogens (tertiary/aromatic N) is 2. The number of ether oxygens (including phenoxy) is 1. The van der Waals surface area contributed by atoms with Crippen molar-refractivity contribution < 1.29 is 14.5 Å². The number of nitro benzene ring substituents is 1. The number of morpholine rings is 1. The molecule has 142 valence electrons. The molecule has 2 aromatic carbocycles. The molecule has 1 heterocycles. The first-order valence-corrected chi connectivity index (χ1v) is 8.99. The summed E-state index contributed by atoms with van der Waals surface area (Å²) in [5.41, 5.74) is 2.62. The molecule has 0 aliphatic carbocycles. The van der Waals surface area contributed by atoms with E-state index in [2.05, 4.69) is 22.3 Å². The van der Waals surface area contributed by atoms with Crippen LogP contribution in [0, 0.1) is 10.1 Å². The predicted molar refractivity (Wildman–Crippen MR) is 101 cm³/mol. The highest BCUT2D eigenvalue weighted by Gasteiger charge is 2.15. The summed E-state index contributed by atoms with van der Waals surface area (Å²) in [5, 5.41) is 13.8. The molecule has 0 radical (unpaired) electrons. The largest absolute Gasteiger partial charge is 0.379 e. The average Bonchev–Trinajstić information content (AvgIpc) is 2.68. The van der Waals surface area contributed by atoms with E-state index in [-0.39, 0.29) is 18.0 Å². The summed E-state index contributed by atoms with van der Waals surface area (Å²) in [7, 11) is 0. The summed E-state index contributed by atoms with van der Waals surface area (Å²) in [6.45, 7) is 4.76. The summed E-state index contributed by atoms with van der Waals surface area (Å²) >= 11 is 0. The number of carbonyl (C=O) groups is 1. The van der Waals surface area contributed by atoms with E-state index in [0.29, 0.717) is 12.1 Å². The van der Waals surface area contributed by atoms with Crippen LogP contribution >= 0.6 is 0 Å². The molecule has 3 rings (SSSR count). The van der Waals surface area contributed by atoms with Gasteiger partial charge in [0.25, 0.3) is 5.69 Å². The van der Waals surface area contributed by atoms with Crippen molar-refractivity contribution in [1.82, 2.24) is 10.2 Å². The van der Waals surface area contributed by atoms with E-state index in [1.165, 1.54) is 11.6 Å². The first-order valence-electron chi connectivity index (χ1n) is 8.99. The van der Waals surface area contributed by atoms with Crippen LogP contribution in [-0.2, 0) is 29.0 Å². The number of carbonyl (C=O) groups excluding carboxylic acids is 1. The third-order valence-electron chi connectivity index (χ3n) is 4.56. The molecule has 1 saturated heterocycles. The number of para-hydroxylation sites is 1. The second kappa shape index (κ2) is 9.25. The molecule has 1 fully saturated rings. The van der Waals surface area contributed by atoms with Crippen molar-refractivity contribution >= 4 is 11.6 Å². The van der Waals surface area contributed by atoms with Crippen LogP contribution in [0.25, 0.3) is 0 Å². The van der Waals surface area contributed by atoms with E-state index in [4.69, 9.17) is 4.74 Å². The van der Waals surface area contributed by atoms with Gasteiger partial charge in [0.2, 0.25) is 5.91 Å². The topological polar surface area (TPSA) is 84.7 Å². The lowest BCUT2D eigenvalue weighted by Crippen LogP contribution is -2.35. The number of nitrogens with one attached hydrogen (secondary N) is 1. The van der Waals surface area contributed by atoms with Crippen molar-refractivity contribution in [3.63, 3.8) is 0 Å². The second-order valence-corrected chi connectivity index (χ2v) is 6.54. The Bertz CT molecular complexity index is 786. The Balaban J connectivity index is 1.49. The van der Waals surface area contributed by atoms with Crippen LogP contribution in [0.2, 0.25) is 0 Å². The van der Waals surface area contributed by atoms with Gasteiger partial charge in [-0.1, -0.05) is 42.5 Å². The van der Waals surface area contributed by atoms with Gasteiger partial charge < -0.3 is 10.1 Å². The van der Waals surface area contributed by atoms with Crippen LogP contribution in [0.3, 0.4) is 0 Å². The molecule has 0 saturated carbocycles. The van der Waals surface area contributed by atoms with Crippen molar-refractivity contribution in [2.45, 2.75) is 19.5 Å². The van der Waals surface area contributed by atoms with Gasteiger partial charge in [0.1, 0.15) is 0 Å². The number of hydrogen-bond acceptors (Lipinski definition) is 5. The Morgan fingerprint density at radius 1 is 1.07 bits per heavy atom. The van der Waals surface area contributed by atoms with Crippen LogP contribution in [-0.4, -0.2) is 42.0 Å². The highest BCUT2D eigenvalue weighted by atomic mass is 16.6. The third kappa shape index (κ3) is 5.60. The average molecular weight is 369 g/mol. The van der Waals surface area contributed by atoms with E-state index >= 15 is 0 Å². The second-order valence-electron chi connectivity index (χ2n) is 6.54.